The summed E-state index contributed by atoms with van der Waals surface area (Å²) in [6.07, 6.45) is 13.1. The van der Waals surface area contributed by atoms with E-state index in [-0.39, 0.29) is 24.8 Å². The van der Waals surface area contributed by atoms with E-state index in [0.29, 0.717) is 3.63 Å². The number of hydrogen-bond donors (Lipinski definition) is 0. The number of allylic oxidation sites excluding steroid dienone is 5. The first-order valence-electron chi connectivity index (χ1n) is 8.30. The van der Waals surface area contributed by atoms with Crippen molar-refractivity contribution in [1.29, 1.82) is 0 Å². The van der Waals surface area contributed by atoms with Gasteiger partial charge in [0.1, 0.15) is 0 Å². The zero-order chi connectivity index (χ0) is 15.7. The van der Waals surface area contributed by atoms with Gasteiger partial charge < -0.3 is 0 Å². The average molecular weight is 466 g/mol. The van der Waals surface area contributed by atoms with Gasteiger partial charge in [-0.2, -0.15) is 0 Å². The molecule has 2 aromatic carbocycles. The van der Waals surface area contributed by atoms with E-state index in [1.165, 1.54) is 21.7 Å². The molecule has 2 atom stereocenters. The van der Waals surface area contributed by atoms with Crippen molar-refractivity contribution in [2.45, 2.75) is 14.2 Å². The van der Waals surface area contributed by atoms with Gasteiger partial charge in [-0.15, -0.1) is 24.8 Å². The van der Waals surface area contributed by atoms with Crippen LogP contribution in [0.4, 0.5) is 0 Å². The molecular formula is C21H23Cl2SiZr. The molecule has 0 spiro atoms. The zero-order valence-corrected chi connectivity index (χ0v) is 19.6. The van der Waals surface area contributed by atoms with Crippen LogP contribution in [0.1, 0.15) is 26.7 Å². The molecule has 2 unspecified atom stereocenters. The molecule has 0 saturated carbocycles. The fourth-order valence-electron chi connectivity index (χ4n) is 3.93. The Bertz CT molecular complexity index is 868. The van der Waals surface area contributed by atoms with Crippen molar-refractivity contribution in [3.8, 4) is 0 Å². The Morgan fingerprint density at radius 1 is 0.960 bits per heavy atom. The molecule has 129 valence electrons. The van der Waals surface area contributed by atoms with Crippen LogP contribution in [0.2, 0.25) is 0 Å². The van der Waals surface area contributed by atoms with Crippen LogP contribution in [0.3, 0.4) is 0 Å². The van der Waals surface area contributed by atoms with E-state index in [9.17, 15) is 0 Å². The Kier molecular flexibility index (Phi) is 7.29. The minimum atomic E-state index is -2.55. The van der Waals surface area contributed by atoms with E-state index < -0.39 is 18.9 Å². The van der Waals surface area contributed by atoms with Crippen molar-refractivity contribution in [3.05, 3.63) is 98.9 Å². The first-order chi connectivity index (χ1) is 11.3. The van der Waals surface area contributed by atoms with Crippen LogP contribution < -0.4 is 0 Å². The molecule has 0 N–H and O–H groups in total. The summed E-state index contributed by atoms with van der Waals surface area (Å²) >= 11 is -2.55. The number of benzene rings is 2. The van der Waals surface area contributed by atoms with Crippen LogP contribution >= 0.6 is 24.8 Å². The first-order valence-corrected chi connectivity index (χ1v) is 18.6. The zero-order valence-electron chi connectivity index (χ0n) is 14.1. The fourth-order valence-corrected chi connectivity index (χ4v) is 19.3. The molecule has 0 aliphatic heterocycles. The predicted octanol–water partition coefficient (Wildman–Crippen LogP) is 5.34. The maximum atomic E-state index is 2.51. The Labute approximate surface area is 168 Å². The molecule has 0 radical (unpaired) electrons. The summed E-state index contributed by atoms with van der Waals surface area (Å²) in [6, 6.07) is 20.1. The van der Waals surface area contributed by atoms with Gasteiger partial charge in [0.15, 0.2) is 0 Å². The molecule has 0 aromatic heterocycles. The van der Waals surface area contributed by atoms with E-state index in [1.54, 1.807) is 8.84 Å². The van der Waals surface area contributed by atoms with Crippen LogP contribution in [0.5, 0.6) is 0 Å². The molecule has 0 nitrogen and oxygen atoms in total. The van der Waals surface area contributed by atoms with E-state index in [2.05, 4.69) is 91.9 Å². The average Bonchev–Trinajstić information content (AvgIpc) is 3.26. The molecule has 0 heterocycles. The van der Waals surface area contributed by atoms with Crippen LogP contribution in [0, 0.1) is 0 Å². The van der Waals surface area contributed by atoms with Crippen molar-refractivity contribution in [2.24, 2.45) is 0 Å². The molecule has 25 heavy (non-hydrogen) atoms. The topological polar surface area (TPSA) is 0 Å². The van der Waals surface area contributed by atoms with Gasteiger partial charge in [-0.05, 0) is 0 Å². The summed E-state index contributed by atoms with van der Waals surface area (Å²) in [4.78, 5) is 0. The second kappa shape index (κ2) is 8.82. The van der Waals surface area contributed by atoms with E-state index in [1.807, 2.05) is 0 Å². The molecule has 2 aliphatic carbocycles. The third kappa shape index (κ3) is 4.03. The van der Waals surface area contributed by atoms with Gasteiger partial charge >= 0.3 is 145 Å². The summed E-state index contributed by atoms with van der Waals surface area (Å²) in [5, 5.41) is 0. The van der Waals surface area contributed by atoms with Crippen molar-refractivity contribution >= 4 is 37.8 Å². The van der Waals surface area contributed by atoms with Gasteiger partial charge in [0.2, 0.25) is 0 Å². The van der Waals surface area contributed by atoms with Crippen LogP contribution in [0.15, 0.2) is 82.2 Å². The standard InChI is InChI=1S/C9H7.C7H7.C5H5.2ClH.H2Si.Zr/c1-2-5-9-7-3-6-8(9)4-1;1-7-5-3-2-4-6-7;1-2-4-5-3-1;;;;/h1-7H;2-6H,1H2;1-3H,4H2;2*1H;1H2;. The van der Waals surface area contributed by atoms with E-state index >= 15 is 0 Å². The summed E-state index contributed by atoms with van der Waals surface area (Å²) < 4.78 is 3.74. The number of rotatable bonds is 4. The molecule has 4 heteroatoms. The normalized spacial score (nSPS) is 19.4. The fraction of sp³-hybridized carbons (Fsp3) is 0.143. The molecule has 0 saturated heterocycles. The van der Waals surface area contributed by atoms with Crippen LogP contribution in [-0.2, 0) is 23.0 Å². The molecular weight excluding hydrogens is 442 g/mol. The second-order valence-corrected chi connectivity index (χ2v) is 23.7. The SMILES string of the molecule is Cl.Cl.[SiH2]=[Zr]([CH2]c1ccccc1)([C]1=CC=CC1)[CH]1C=Cc2ccccc21. The number of halogens is 2. The molecule has 0 bridgehead atoms. The molecule has 2 aromatic rings. The summed E-state index contributed by atoms with van der Waals surface area (Å²) in [6.45, 7) is 2.39. The predicted molar refractivity (Wildman–Crippen MR) is 113 cm³/mol. The number of fused-ring (bicyclic) bond motifs is 1. The third-order valence-electron chi connectivity index (χ3n) is 5.17. The van der Waals surface area contributed by atoms with Crippen molar-refractivity contribution in [2.75, 3.05) is 0 Å². The van der Waals surface area contributed by atoms with Crippen molar-refractivity contribution in [3.63, 3.8) is 0 Å². The number of hydrogen-bond acceptors (Lipinski definition) is 0. The van der Waals surface area contributed by atoms with Gasteiger partial charge in [-0.3, -0.25) is 0 Å². The monoisotopic (exact) mass is 463 g/mol. The Hall–Kier alpha value is -0.660. The van der Waals surface area contributed by atoms with Crippen molar-refractivity contribution in [1.82, 2.24) is 0 Å². The third-order valence-corrected chi connectivity index (χ3v) is 22.7. The van der Waals surface area contributed by atoms with Crippen LogP contribution in [0.25, 0.3) is 6.08 Å². The quantitative estimate of drug-likeness (QED) is 0.535. The van der Waals surface area contributed by atoms with Gasteiger partial charge in [-0.25, -0.2) is 0 Å². The van der Waals surface area contributed by atoms with E-state index in [4.69, 9.17) is 0 Å². The summed E-state index contributed by atoms with van der Waals surface area (Å²) in [5.41, 5.74) is 4.52. The Morgan fingerprint density at radius 3 is 2.40 bits per heavy atom. The maximum absolute atomic E-state index is 2.55. The molecule has 4 rings (SSSR count). The van der Waals surface area contributed by atoms with Gasteiger partial charge in [0.25, 0.3) is 0 Å². The van der Waals surface area contributed by atoms with Gasteiger partial charge in [0, 0.05) is 0 Å². The van der Waals surface area contributed by atoms with Gasteiger partial charge in [0.05, 0.1) is 0 Å². The summed E-state index contributed by atoms with van der Waals surface area (Å²) in [5.74, 6) is 0. The van der Waals surface area contributed by atoms with Gasteiger partial charge in [-0.1, -0.05) is 0 Å². The minimum absolute atomic E-state index is 0. The van der Waals surface area contributed by atoms with E-state index in [0.717, 1.165) is 0 Å². The summed E-state index contributed by atoms with van der Waals surface area (Å²) in [7, 11) is 0. The molecule has 2 aliphatic rings. The molecule has 0 amide bonds. The Morgan fingerprint density at radius 2 is 1.68 bits per heavy atom. The van der Waals surface area contributed by atoms with Crippen molar-refractivity contribution < 1.29 is 18.9 Å². The van der Waals surface area contributed by atoms with Crippen LogP contribution in [-0.4, -0.2) is 6.88 Å². The second-order valence-electron chi connectivity index (χ2n) is 6.61. The Balaban J connectivity index is 0.00000113. The first kappa shape index (κ1) is 20.6. The molecule has 0 fully saturated rings.